The fourth-order valence-electron chi connectivity index (χ4n) is 2.16. The predicted molar refractivity (Wildman–Crippen MR) is 73.1 cm³/mol. The molecule has 0 aromatic rings. The van der Waals surface area contributed by atoms with Gasteiger partial charge in [-0.05, 0) is 26.2 Å². The molecular formula is C12H24N2O4S. The summed E-state index contributed by atoms with van der Waals surface area (Å²) in [5, 5.41) is 11.6. The van der Waals surface area contributed by atoms with Crippen LogP contribution in [0.1, 0.15) is 39.5 Å². The standard InChI is InChI=1S/C12H24N2O4S/c1-3-4-8-19(17,18)14-7-5-6-11(14)12(16)13-10(2)9-15/h10-11,15H,3-9H2,1-2H3,(H,13,16). The van der Waals surface area contributed by atoms with Crippen LogP contribution in [0.25, 0.3) is 0 Å². The van der Waals surface area contributed by atoms with E-state index >= 15 is 0 Å². The highest BCUT2D eigenvalue weighted by molar-refractivity contribution is 7.89. The second kappa shape index (κ2) is 7.21. The molecule has 2 atom stereocenters. The van der Waals surface area contributed by atoms with Crippen LogP contribution < -0.4 is 5.32 Å². The van der Waals surface area contributed by atoms with Crippen LogP contribution in [-0.4, -0.2) is 54.7 Å². The minimum absolute atomic E-state index is 0.100. The van der Waals surface area contributed by atoms with Gasteiger partial charge in [0.1, 0.15) is 6.04 Å². The third kappa shape index (κ3) is 4.43. The molecule has 7 heteroatoms. The summed E-state index contributed by atoms with van der Waals surface area (Å²) in [5.74, 6) is -0.206. The zero-order valence-corrected chi connectivity index (χ0v) is 12.4. The van der Waals surface area contributed by atoms with Crippen molar-refractivity contribution in [3.05, 3.63) is 0 Å². The summed E-state index contributed by atoms with van der Waals surface area (Å²) in [4.78, 5) is 12.0. The van der Waals surface area contributed by atoms with Crippen LogP contribution in [0.15, 0.2) is 0 Å². The average molecular weight is 292 g/mol. The van der Waals surface area contributed by atoms with Gasteiger partial charge in [-0.25, -0.2) is 8.42 Å². The molecule has 1 saturated heterocycles. The second-order valence-corrected chi connectivity index (χ2v) is 7.07. The molecule has 0 aromatic heterocycles. The molecule has 0 saturated carbocycles. The van der Waals surface area contributed by atoms with Crippen LogP contribution in [-0.2, 0) is 14.8 Å². The van der Waals surface area contributed by atoms with Crippen LogP contribution in [0.3, 0.4) is 0 Å². The third-order valence-electron chi connectivity index (χ3n) is 3.28. The maximum atomic E-state index is 12.2. The Kier molecular flexibility index (Phi) is 6.22. The molecule has 0 aromatic carbocycles. The van der Waals surface area contributed by atoms with Gasteiger partial charge >= 0.3 is 0 Å². The Labute approximate surface area is 115 Å². The van der Waals surface area contributed by atoms with Crippen LogP contribution in [0.4, 0.5) is 0 Å². The average Bonchev–Trinajstić information content (AvgIpc) is 2.86. The number of carbonyl (C=O) groups excluding carboxylic acids is 1. The Morgan fingerprint density at radius 3 is 2.79 bits per heavy atom. The molecule has 0 spiro atoms. The van der Waals surface area contributed by atoms with Gasteiger partial charge in [0, 0.05) is 12.6 Å². The second-order valence-electron chi connectivity index (χ2n) is 5.03. The van der Waals surface area contributed by atoms with E-state index in [2.05, 4.69) is 5.32 Å². The van der Waals surface area contributed by atoms with E-state index in [9.17, 15) is 13.2 Å². The highest BCUT2D eigenvalue weighted by atomic mass is 32.2. The van der Waals surface area contributed by atoms with Gasteiger partial charge in [0.2, 0.25) is 15.9 Å². The van der Waals surface area contributed by atoms with Crippen LogP contribution in [0.5, 0.6) is 0 Å². The molecule has 2 N–H and O–H groups in total. The topological polar surface area (TPSA) is 86.7 Å². The molecule has 0 radical (unpaired) electrons. The molecular weight excluding hydrogens is 268 g/mol. The van der Waals surface area contributed by atoms with E-state index in [1.165, 1.54) is 4.31 Å². The van der Waals surface area contributed by atoms with Crippen molar-refractivity contribution < 1.29 is 18.3 Å². The molecule has 1 rings (SSSR count). The van der Waals surface area contributed by atoms with Crippen molar-refractivity contribution in [2.75, 3.05) is 18.9 Å². The number of aliphatic hydroxyl groups is 1. The van der Waals surface area contributed by atoms with E-state index < -0.39 is 16.1 Å². The molecule has 19 heavy (non-hydrogen) atoms. The largest absolute Gasteiger partial charge is 0.394 e. The zero-order valence-electron chi connectivity index (χ0n) is 11.6. The molecule has 6 nitrogen and oxygen atoms in total. The summed E-state index contributed by atoms with van der Waals surface area (Å²) in [6.45, 7) is 3.88. The van der Waals surface area contributed by atoms with Gasteiger partial charge < -0.3 is 10.4 Å². The van der Waals surface area contributed by atoms with Gasteiger partial charge in [-0.2, -0.15) is 4.31 Å². The van der Waals surface area contributed by atoms with Crippen molar-refractivity contribution in [1.29, 1.82) is 0 Å². The Morgan fingerprint density at radius 1 is 1.53 bits per heavy atom. The highest BCUT2D eigenvalue weighted by Crippen LogP contribution is 2.22. The first-order valence-corrected chi connectivity index (χ1v) is 8.44. The molecule has 0 bridgehead atoms. The van der Waals surface area contributed by atoms with Crippen molar-refractivity contribution >= 4 is 15.9 Å². The summed E-state index contributed by atoms with van der Waals surface area (Å²) >= 11 is 0. The van der Waals surface area contributed by atoms with Gasteiger partial charge in [-0.15, -0.1) is 0 Å². The maximum absolute atomic E-state index is 12.2. The van der Waals surface area contributed by atoms with Gasteiger partial charge in [0.15, 0.2) is 0 Å². The lowest BCUT2D eigenvalue weighted by atomic mass is 10.2. The van der Waals surface area contributed by atoms with Gasteiger partial charge in [-0.1, -0.05) is 13.3 Å². The molecule has 1 aliphatic heterocycles. The fourth-order valence-corrected chi connectivity index (χ4v) is 4.05. The molecule has 1 amide bonds. The minimum Gasteiger partial charge on any atom is -0.394 e. The zero-order chi connectivity index (χ0) is 14.5. The SMILES string of the molecule is CCCCS(=O)(=O)N1CCCC1C(=O)NC(C)CO. The summed E-state index contributed by atoms with van der Waals surface area (Å²) in [6, 6.07) is -0.968. The van der Waals surface area contributed by atoms with Crippen molar-refractivity contribution in [1.82, 2.24) is 9.62 Å². The number of amides is 1. The van der Waals surface area contributed by atoms with Gasteiger partial charge in [0.05, 0.1) is 12.4 Å². The van der Waals surface area contributed by atoms with E-state index in [1.54, 1.807) is 6.92 Å². The smallest absolute Gasteiger partial charge is 0.238 e. The lowest BCUT2D eigenvalue weighted by Gasteiger charge is -2.24. The molecule has 1 heterocycles. The number of hydrogen-bond donors (Lipinski definition) is 2. The number of carbonyl (C=O) groups is 1. The lowest BCUT2D eigenvalue weighted by molar-refractivity contribution is -0.125. The Bertz CT molecular complexity index is 397. The van der Waals surface area contributed by atoms with Crippen LogP contribution >= 0.6 is 0 Å². The monoisotopic (exact) mass is 292 g/mol. The van der Waals surface area contributed by atoms with Crippen LogP contribution in [0.2, 0.25) is 0 Å². The van der Waals surface area contributed by atoms with E-state index in [0.29, 0.717) is 25.8 Å². The first-order chi connectivity index (χ1) is 8.92. The van der Waals surface area contributed by atoms with E-state index in [1.807, 2.05) is 6.92 Å². The van der Waals surface area contributed by atoms with Crippen molar-refractivity contribution in [3.8, 4) is 0 Å². The highest BCUT2D eigenvalue weighted by Gasteiger charge is 2.38. The molecule has 112 valence electrons. The van der Waals surface area contributed by atoms with E-state index in [4.69, 9.17) is 5.11 Å². The third-order valence-corrected chi connectivity index (χ3v) is 5.24. The Morgan fingerprint density at radius 2 is 2.21 bits per heavy atom. The number of rotatable bonds is 7. The molecule has 0 aliphatic carbocycles. The number of sulfonamides is 1. The van der Waals surface area contributed by atoms with E-state index in [0.717, 1.165) is 6.42 Å². The predicted octanol–water partition coefficient (Wildman–Crippen LogP) is 0.0777. The summed E-state index contributed by atoms with van der Waals surface area (Å²) < 4.78 is 25.6. The molecule has 1 fully saturated rings. The van der Waals surface area contributed by atoms with E-state index in [-0.39, 0.29) is 24.3 Å². The number of nitrogens with zero attached hydrogens (tertiary/aromatic N) is 1. The summed E-state index contributed by atoms with van der Waals surface area (Å²) in [7, 11) is -3.35. The summed E-state index contributed by atoms with van der Waals surface area (Å²) in [5.41, 5.74) is 0. The number of unbranched alkanes of at least 4 members (excludes halogenated alkanes) is 1. The lowest BCUT2D eigenvalue weighted by Crippen LogP contribution is -2.49. The Hall–Kier alpha value is -0.660. The van der Waals surface area contributed by atoms with Crippen molar-refractivity contribution in [3.63, 3.8) is 0 Å². The maximum Gasteiger partial charge on any atom is 0.238 e. The summed E-state index contributed by atoms with van der Waals surface area (Å²) in [6.07, 6.45) is 2.68. The first-order valence-electron chi connectivity index (χ1n) is 6.83. The number of hydrogen-bond acceptors (Lipinski definition) is 4. The first kappa shape index (κ1) is 16.4. The normalized spacial score (nSPS) is 22.4. The quantitative estimate of drug-likeness (QED) is 0.695. The van der Waals surface area contributed by atoms with Crippen molar-refractivity contribution in [2.24, 2.45) is 0 Å². The van der Waals surface area contributed by atoms with Gasteiger partial charge in [0.25, 0.3) is 0 Å². The minimum atomic E-state index is -3.35. The Balaban J connectivity index is 2.70. The number of aliphatic hydroxyl groups excluding tert-OH is 1. The fraction of sp³-hybridized carbons (Fsp3) is 0.917. The van der Waals surface area contributed by atoms with Crippen LogP contribution in [0, 0.1) is 0 Å². The van der Waals surface area contributed by atoms with Gasteiger partial charge in [-0.3, -0.25) is 4.79 Å². The molecule has 2 unspecified atom stereocenters. The molecule has 1 aliphatic rings. The van der Waals surface area contributed by atoms with Crippen molar-refractivity contribution in [2.45, 2.75) is 51.6 Å². The number of nitrogens with one attached hydrogen (secondary N) is 1.